The lowest BCUT2D eigenvalue weighted by Gasteiger charge is -1.98. The molecule has 0 bridgehead atoms. The monoisotopic (exact) mass is 136 g/mol. The number of halogens is 1. The first-order valence-electron chi connectivity index (χ1n) is 2.46. The van der Waals surface area contributed by atoms with Crippen LogP contribution in [0.25, 0.3) is 0 Å². The largest absolute Gasteiger partial charge is 0.468 e. The van der Waals surface area contributed by atoms with Crippen molar-refractivity contribution in [2.24, 2.45) is 0 Å². The van der Waals surface area contributed by atoms with Crippen molar-refractivity contribution >= 4 is 18.1 Å². The second-order valence-electron chi connectivity index (χ2n) is 1.54. The highest BCUT2D eigenvalue weighted by molar-refractivity contribution is 6.20. The first-order chi connectivity index (χ1) is 3.77. The maximum atomic E-state index is 9.52. The number of ether oxygens (including phenoxy) is 1. The topological polar surface area (TPSA) is 26.3 Å². The number of alkyl halides is 1. The van der Waals surface area contributed by atoms with E-state index < -0.39 is 0 Å². The summed E-state index contributed by atoms with van der Waals surface area (Å²) in [7, 11) is 0. The van der Waals surface area contributed by atoms with Crippen LogP contribution in [0.3, 0.4) is 0 Å². The molecule has 0 spiro atoms. The van der Waals surface area contributed by atoms with Gasteiger partial charge in [-0.15, -0.1) is 11.6 Å². The molecule has 0 radical (unpaired) electrons. The van der Waals surface area contributed by atoms with Gasteiger partial charge in [-0.2, -0.15) is 0 Å². The van der Waals surface area contributed by atoms with Gasteiger partial charge in [-0.3, -0.25) is 4.79 Å². The molecule has 1 atom stereocenters. The molecule has 1 unspecified atom stereocenters. The Morgan fingerprint density at radius 1 is 1.88 bits per heavy atom. The molecule has 3 heteroatoms. The standard InChI is InChI=1S/C5H9ClO2/c1-5(6)2-3-8-4-7/h4-5H,2-3H2,1H3. The third-order valence-corrected chi connectivity index (χ3v) is 0.920. The Hall–Kier alpha value is -0.240. The summed E-state index contributed by atoms with van der Waals surface area (Å²) in [5, 5.41) is 0.0925. The number of carbonyl (C=O) groups is 1. The summed E-state index contributed by atoms with van der Waals surface area (Å²) >= 11 is 5.52. The van der Waals surface area contributed by atoms with E-state index in [1.807, 2.05) is 6.92 Å². The van der Waals surface area contributed by atoms with Crippen molar-refractivity contribution in [3.63, 3.8) is 0 Å². The van der Waals surface area contributed by atoms with Gasteiger partial charge in [-0.25, -0.2) is 0 Å². The maximum Gasteiger partial charge on any atom is 0.293 e. The van der Waals surface area contributed by atoms with Crippen LogP contribution in [0.4, 0.5) is 0 Å². The molecular formula is C5H9ClO2. The summed E-state index contributed by atoms with van der Waals surface area (Å²) in [6.45, 7) is 2.71. The fraction of sp³-hybridized carbons (Fsp3) is 0.800. The smallest absolute Gasteiger partial charge is 0.293 e. The van der Waals surface area contributed by atoms with Crippen LogP contribution in [0.2, 0.25) is 0 Å². The highest BCUT2D eigenvalue weighted by Crippen LogP contribution is 1.98. The van der Waals surface area contributed by atoms with E-state index >= 15 is 0 Å². The first-order valence-corrected chi connectivity index (χ1v) is 2.90. The lowest BCUT2D eigenvalue weighted by molar-refractivity contribution is -0.128. The molecule has 0 rings (SSSR count). The minimum Gasteiger partial charge on any atom is -0.468 e. The Morgan fingerprint density at radius 3 is 2.88 bits per heavy atom. The zero-order valence-electron chi connectivity index (χ0n) is 4.76. The Bertz CT molecular complexity index is 63.4. The van der Waals surface area contributed by atoms with E-state index in [4.69, 9.17) is 11.6 Å². The van der Waals surface area contributed by atoms with Crippen molar-refractivity contribution in [2.45, 2.75) is 18.7 Å². The van der Waals surface area contributed by atoms with E-state index in [1.54, 1.807) is 0 Å². The molecule has 0 aliphatic heterocycles. The molecule has 0 N–H and O–H groups in total. The van der Waals surface area contributed by atoms with Crippen molar-refractivity contribution in [2.75, 3.05) is 6.61 Å². The Labute approximate surface area is 53.8 Å². The first kappa shape index (κ1) is 7.76. The Morgan fingerprint density at radius 2 is 2.50 bits per heavy atom. The van der Waals surface area contributed by atoms with Crippen molar-refractivity contribution in [3.8, 4) is 0 Å². The zero-order valence-corrected chi connectivity index (χ0v) is 5.52. The van der Waals surface area contributed by atoms with Gasteiger partial charge in [-0.1, -0.05) is 0 Å². The molecule has 0 aromatic carbocycles. The minimum absolute atomic E-state index is 0.0925. The van der Waals surface area contributed by atoms with Gasteiger partial charge in [0.15, 0.2) is 0 Å². The number of carbonyl (C=O) groups excluding carboxylic acids is 1. The average molecular weight is 137 g/mol. The average Bonchev–Trinajstić information content (AvgIpc) is 1.66. The van der Waals surface area contributed by atoms with Gasteiger partial charge in [0.05, 0.1) is 6.61 Å². The van der Waals surface area contributed by atoms with Crippen LogP contribution in [0.1, 0.15) is 13.3 Å². The molecule has 0 fully saturated rings. The van der Waals surface area contributed by atoms with Crippen LogP contribution in [0.15, 0.2) is 0 Å². The van der Waals surface area contributed by atoms with Crippen LogP contribution < -0.4 is 0 Å². The summed E-state index contributed by atoms with van der Waals surface area (Å²) in [6.07, 6.45) is 0.723. The van der Waals surface area contributed by atoms with E-state index in [1.165, 1.54) is 0 Å². The molecule has 0 heterocycles. The lowest BCUT2D eigenvalue weighted by Crippen LogP contribution is -1.98. The van der Waals surface area contributed by atoms with Crippen LogP contribution >= 0.6 is 11.6 Å². The summed E-state index contributed by atoms with van der Waals surface area (Å²) in [5.41, 5.74) is 0. The quantitative estimate of drug-likeness (QED) is 0.330. The van der Waals surface area contributed by atoms with Crippen LogP contribution in [0, 0.1) is 0 Å². The fourth-order valence-corrected chi connectivity index (χ4v) is 0.368. The number of hydrogen-bond donors (Lipinski definition) is 0. The summed E-state index contributed by atoms with van der Waals surface area (Å²) in [4.78, 5) is 9.52. The molecule has 0 aromatic rings. The van der Waals surface area contributed by atoms with E-state index in [2.05, 4.69) is 4.74 Å². The molecule has 0 saturated carbocycles. The highest BCUT2D eigenvalue weighted by Gasteiger charge is 1.93. The van der Waals surface area contributed by atoms with Gasteiger partial charge >= 0.3 is 0 Å². The molecule has 0 saturated heterocycles. The van der Waals surface area contributed by atoms with Gasteiger partial charge in [-0.05, 0) is 13.3 Å². The van der Waals surface area contributed by atoms with Crippen LogP contribution in [0.5, 0.6) is 0 Å². The molecule has 0 amide bonds. The summed E-state index contributed by atoms with van der Waals surface area (Å²) in [5.74, 6) is 0. The normalized spacial score (nSPS) is 12.8. The van der Waals surface area contributed by atoms with Crippen LogP contribution in [-0.2, 0) is 9.53 Å². The highest BCUT2D eigenvalue weighted by atomic mass is 35.5. The van der Waals surface area contributed by atoms with Gasteiger partial charge in [0.25, 0.3) is 6.47 Å². The van der Waals surface area contributed by atoms with Gasteiger partial charge < -0.3 is 4.74 Å². The Balaban J connectivity index is 2.81. The second-order valence-corrected chi connectivity index (χ2v) is 2.28. The zero-order chi connectivity index (χ0) is 6.41. The van der Waals surface area contributed by atoms with Gasteiger partial charge in [0.2, 0.25) is 0 Å². The molecule has 8 heavy (non-hydrogen) atoms. The van der Waals surface area contributed by atoms with Gasteiger partial charge in [0, 0.05) is 5.38 Å². The summed E-state index contributed by atoms with van der Waals surface area (Å²) < 4.78 is 4.38. The van der Waals surface area contributed by atoms with E-state index in [9.17, 15) is 4.79 Å². The predicted octanol–water partition coefficient (Wildman–Crippen LogP) is 1.18. The second kappa shape index (κ2) is 4.91. The molecular weight excluding hydrogens is 128 g/mol. The third kappa shape index (κ3) is 5.76. The molecule has 2 nitrogen and oxygen atoms in total. The van der Waals surface area contributed by atoms with Crippen molar-refractivity contribution in [3.05, 3.63) is 0 Å². The number of rotatable bonds is 4. The van der Waals surface area contributed by atoms with Crippen LogP contribution in [-0.4, -0.2) is 18.5 Å². The number of hydrogen-bond acceptors (Lipinski definition) is 2. The SMILES string of the molecule is CC(Cl)CCOC=O. The third-order valence-electron chi connectivity index (χ3n) is 0.702. The van der Waals surface area contributed by atoms with E-state index in [0.29, 0.717) is 13.1 Å². The van der Waals surface area contributed by atoms with E-state index in [-0.39, 0.29) is 5.38 Å². The summed E-state index contributed by atoms with van der Waals surface area (Å²) in [6, 6.07) is 0. The predicted molar refractivity (Wildman–Crippen MR) is 31.9 cm³/mol. The molecule has 48 valence electrons. The molecule has 0 aliphatic rings. The van der Waals surface area contributed by atoms with E-state index in [0.717, 1.165) is 6.42 Å². The maximum absolute atomic E-state index is 9.52. The molecule has 0 aliphatic carbocycles. The van der Waals surface area contributed by atoms with Crippen molar-refractivity contribution < 1.29 is 9.53 Å². The van der Waals surface area contributed by atoms with Crippen molar-refractivity contribution in [1.82, 2.24) is 0 Å². The Kier molecular flexibility index (Phi) is 4.76. The van der Waals surface area contributed by atoms with Gasteiger partial charge in [0.1, 0.15) is 0 Å². The molecule has 0 aromatic heterocycles. The lowest BCUT2D eigenvalue weighted by atomic mass is 10.3. The fourth-order valence-electron chi connectivity index (χ4n) is 0.279. The van der Waals surface area contributed by atoms with Crippen molar-refractivity contribution in [1.29, 1.82) is 0 Å². The minimum atomic E-state index is 0.0925.